The van der Waals surface area contributed by atoms with Crippen molar-refractivity contribution in [3.63, 3.8) is 0 Å². The van der Waals surface area contributed by atoms with Crippen molar-refractivity contribution in [2.75, 3.05) is 13.1 Å². The van der Waals surface area contributed by atoms with Gasteiger partial charge >= 0.3 is 0 Å². The van der Waals surface area contributed by atoms with Crippen LogP contribution >= 0.6 is 12.4 Å². The van der Waals surface area contributed by atoms with Crippen LogP contribution in [0.5, 0.6) is 0 Å². The third-order valence-electron chi connectivity index (χ3n) is 3.62. The molecule has 0 radical (unpaired) electrons. The first kappa shape index (κ1) is 7.88. The first-order valence-electron chi connectivity index (χ1n) is 4.60. The molecule has 2 atom stereocenters. The SMILES string of the molecule is C1CC1CC12CNCC1C2.Cl. The highest BCUT2D eigenvalue weighted by Crippen LogP contribution is 2.61. The average molecular weight is 174 g/mol. The Morgan fingerprint density at radius 3 is 2.64 bits per heavy atom. The van der Waals surface area contributed by atoms with E-state index in [1.54, 1.807) is 12.8 Å². The zero-order valence-corrected chi connectivity index (χ0v) is 7.62. The summed E-state index contributed by atoms with van der Waals surface area (Å²) in [6.45, 7) is 2.67. The molecule has 1 nitrogen and oxygen atoms in total. The molecule has 1 saturated heterocycles. The summed E-state index contributed by atoms with van der Waals surface area (Å²) >= 11 is 0. The zero-order valence-electron chi connectivity index (χ0n) is 6.81. The number of nitrogens with one attached hydrogen (secondary N) is 1. The molecule has 2 unspecified atom stereocenters. The number of hydrogen-bond acceptors (Lipinski definition) is 1. The van der Waals surface area contributed by atoms with Gasteiger partial charge in [0.05, 0.1) is 0 Å². The molecule has 3 fully saturated rings. The molecule has 0 aromatic carbocycles. The van der Waals surface area contributed by atoms with Gasteiger partial charge in [0, 0.05) is 6.54 Å². The maximum atomic E-state index is 3.50. The fraction of sp³-hybridized carbons (Fsp3) is 1.00. The molecular weight excluding hydrogens is 158 g/mol. The molecule has 11 heavy (non-hydrogen) atoms. The summed E-state index contributed by atoms with van der Waals surface area (Å²) in [6, 6.07) is 0. The summed E-state index contributed by atoms with van der Waals surface area (Å²) in [5, 5.41) is 3.50. The molecule has 1 aliphatic heterocycles. The number of rotatable bonds is 2. The van der Waals surface area contributed by atoms with Gasteiger partial charge in [-0.1, -0.05) is 12.8 Å². The van der Waals surface area contributed by atoms with Crippen LogP contribution in [0.25, 0.3) is 0 Å². The first-order chi connectivity index (χ1) is 4.89. The van der Waals surface area contributed by atoms with Crippen molar-refractivity contribution in [1.82, 2.24) is 5.32 Å². The summed E-state index contributed by atoms with van der Waals surface area (Å²) in [7, 11) is 0. The molecule has 2 heteroatoms. The van der Waals surface area contributed by atoms with Gasteiger partial charge < -0.3 is 5.32 Å². The molecule has 2 saturated carbocycles. The summed E-state index contributed by atoms with van der Waals surface area (Å²) < 4.78 is 0. The van der Waals surface area contributed by atoms with Crippen molar-refractivity contribution in [3.8, 4) is 0 Å². The van der Waals surface area contributed by atoms with Crippen molar-refractivity contribution in [2.24, 2.45) is 17.3 Å². The Labute approximate surface area is 74.3 Å². The quantitative estimate of drug-likeness (QED) is 0.672. The van der Waals surface area contributed by atoms with Crippen molar-refractivity contribution in [2.45, 2.75) is 25.7 Å². The lowest BCUT2D eigenvalue weighted by molar-refractivity contribution is 0.440. The maximum absolute atomic E-state index is 3.50. The highest BCUT2D eigenvalue weighted by Gasteiger charge is 2.58. The second-order valence-corrected chi connectivity index (χ2v) is 4.54. The van der Waals surface area contributed by atoms with Gasteiger partial charge in [-0.05, 0) is 36.6 Å². The van der Waals surface area contributed by atoms with E-state index in [9.17, 15) is 0 Å². The maximum Gasteiger partial charge on any atom is 0.00113 e. The van der Waals surface area contributed by atoms with Gasteiger partial charge in [0.2, 0.25) is 0 Å². The van der Waals surface area contributed by atoms with E-state index in [1.165, 1.54) is 25.9 Å². The molecule has 0 aromatic rings. The van der Waals surface area contributed by atoms with Gasteiger partial charge in [-0.3, -0.25) is 0 Å². The standard InChI is InChI=1S/C9H15N.ClH/c1-2-7(1)3-9-4-8(9)5-10-6-9;/h7-8,10H,1-6H2;1H. The van der Waals surface area contributed by atoms with Crippen LogP contribution in [0.4, 0.5) is 0 Å². The molecule has 0 spiro atoms. The normalized spacial score (nSPS) is 46.4. The van der Waals surface area contributed by atoms with E-state index in [4.69, 9.17) is 0 Å². The fourth-order valence-electron chi connectivity index (χ4n) is 2.65. The minimum atomic E-state index is 0. The van der Waals surface area contributed by atoms with E-state index in [-0.39, 0.29) is 12.4 Å². The van der Waals surface area contributed by atoms with E-state index < -0.39 is 0 Å². The molecule has 1 N–H and O–H groups in total. The molecular formula is C9H16ClN. The largest absolute Gasteiger partial charge is 0.316 e. The third kappa shape index (κ3) is 1.19. The molecule has 2 aliphatic carbocycles. The van der Waals surface area contributed by atoms with Crippen LogP contribution in [-0.4, -0.2) is 13.1 Å². The number of piperidine rings is 1. The summed E-state index contributed by atoms with van der Waals surface area (Å²) in [4.78, 5) is 0. The topological polar surface area (TPSA) is 12.0 Å². The van der Waals surface area contributed by atoms with E-state index >= 15 is 0 Å². The Morgan fingerprint density at radius 2 is 2.18 bits per heavy atom. The minimum absolute atomic E-state index is 0. The number of hydrogen-bond donors (Lipinski definition) is 1. The summed E-state index contributed by atoms with van der Waals surface area (Å²) in [6.07, 6.45) is 6.18. The molecule has 3 rings (SSSR count). The van der Waals surface area contributed by atoms with Gasteiger partial charge in [0.15, 0.2) is 0 Å². The first-order valence-corrected chi connectivity index (χ1v) is 4.60. The van der Waals surface area contributed by atoms with Crippen LogP contribution in [0, 0.1) is 17.3 Å². The van der Waals surface area contributed by atoms with Crippen molar-refractivity contribution < 1.29 is 0 Å². The van der Waals surface area contributed by atoms with Crippen LogP contribution in [0.3, 0.4) is 0 Å². The predicted molar refractivity (Wildman–Crippen MR) is 48.0 cm³/mol. The minimum Gasteiger partial charge on any atom is -0.316 e. The second kappa shape index (κ2) is 2.37. The van der Waals surface area contributed by atoms with E-state index in [0.29, 0.717) is 0 Å². The lowest BCUT2D eigenvalue weighted by Crippen LogP contribution is -2.16. The summed E-state index contributed by atoms with van der Waals surface area (Å²) in [5.41, 5.74) is 0.834. The Balaban J connectivity index is 0.000000480. The van der Waals surface area contributed by atoms with Crippen LogP contribution in [0.15, 0.2) is 0 Å². The number of halogens is 1. The van der Waals surface area contributed by atoms with Crippen molar-refractivity contribution in [1.29, 1.82) is 0 Å². The zero-order chi connectivity index (χ0) is 6.60. The van der Waals surface area contributed by atoms with E-state index in [2.05, 4.69) is 5.32 Å². The number of fused-ring (bicyclic) bond motifs is 1. The van der Waals surface area contributed by atoms with Gasteiger partial charge in [0.25, 0.3) is 0 Å². The monoisotopic (exact) mass is 173 g/mol. The molecule has 3 aliphatic rings. The van der Waals surface area contributed by atoms with E-state index in [0.717, 1.165) is 17.3 Å². The smallest absolute Gasteiger partial charge is 0.00113 e. The van der Waals surface area contributed by atoms with Crippen LogP contribution in [-0.2, 0) is 0 Å². The Bertz CT molecular complexity index is 167. The van der Waals surface area contributed by atoms with E-state index in [1.807, 2.05) is 0 Å². The molecule has 0 amide bonds. The lowest BCUT2D eigenvalue weighted by Gasteiger charge is -2.08. The van der Waals surface area contributed by atoms with Crippen LogP contribution < -0.4 is 5.32 Å². The van der Waals surface area contributed by atoms with Gasteiger partial charge in [-0.15, -0.1) is 12.4 Å². The summed E-state index contributed by atoms with van der Waals surface area (Å²) in [5.74, 6) is 2.23. The second-order valence-electron chi connectivity index (χ2n) is 4.54. The molecule has 1 heterocycles. The van der Waals surface area contributed by atoms with Crippen LogP contribution in [0.2, 0.25) is 0 Å². The Hall–Kier alpha value is 0.250. The molecule has 0 aromatic heterocycles. The highest BCUT2D eigenvalue weighted by atomic mass is 35.5. The van der Waals surface area contributed by atoms with Gasteiger partial charge in [-0.2, -0.15) is 0 Å². The fourth-order valence-corrected chi connectivity index (χ4v) is 2.65. The Kier molecular flexibility index (Phi) is 1.69. The average Bonchev–Trinajstić information content (AvgIpc) is 2.80. The predicted octanol–water partition coefficient (Wildman–Crippen LogP) is 1.82. The molecule has 64 valence electrons. The van der Waals surface area contributed by atoms with Crippen LogP contribution in [0.1, 0.15) is 25.7 Å². The lowest BCUT2D eigenvalue weighted by atomic mass is 9.98. The molecule has 0 bridgehead atoms. The van der Waals surface area contributed by atoms with Crippen molar-refractivity contribution >= 4 is 12.4 Å². The third-order valence-corrected chi connectivity index (χ3v) is 3.62. The Morgan fingerprint density at radius 1 is 1.36 bits per heavy atom. The van der Waals surface area contributed by atoms with Gasteiger partial charge in [0.1, 0.15) is 0 Å². The van der Waals surface area contributed by atoms with Gasteiger partial charge in [-0.25, -0.2) is 0 Å². The van der Waals surface area contributed by atoms with Crippen molar-refractivity contribution in [3.05, 3.63) is 0 Å². The highest BCUT2D eigenvalue weighted by molar-refractivity contribution is 5.85.